The van der Waals surface area contributed by atoms with Crippen LogP contribution >= 0.6 is 0 Å². The smallest absolute Gasteiger partial charge is 0.303 e. The summed E-state index contributed by atoms with van der Waals surface area (Å²) >= 11 is 0. The van der Waals surface area contributed by atoms with Crippen LogP contribution in [0, 0.1) is 28.1 Å². The van der Waals surface area contributed by atoms with Crippen LogP contribution in [-0.2, 0) is 23.9 Å². The maximum atomic E-state index is 14.1. The lowest BCUT2D eigenvalue weighted by atomic mass is 9.46. The van der Waals surface area contributed by atoms with Gasteiger partial charge in [-0.1, -0.05) is 32.9 Å². The Balaban J connectivity index is 1.82. The third kappa shape index (κ3) is 3.61. The number of carbonyl (C=O) groups is 4. The van der Waals surface area contributed by atoms with Crippen LogP contribution < -0.4 is 0 Å². The highest BCUT2D eigenvalue weighted by atomic mass is 16.5. The van der Waals surface area contributed by atoms with E-state index in [9.17, 15) is 24.3 Å². The molecule has 1 spiro atoms. The molecule has 1 saturated carbocycles. The summed E-state index contributed by atoms with van der Waals surface area (Å²) in [5, 5.41) is 9.45. The number of Topliss-reactive ketones (excluding diaryl/α,β-unsaturated/α-hetero) is 3. The molecule has 6 nitrogen and oxygen atoms in total. The standard InChI is InChI=1S/C29H40O6/c1-7-18(30)8-13-28(6)22-9-12-27(5)25-20(31)14-19(17(2)3)26(4,11-10-23(33)34)24(25)21(32)15-29(22,27)16-35-28/h19,22H,2,7-16H2,1,3-6H3,(H,33,34)/t19-,22+,26-,27-,28+,29-/m0/s1. The quantitative estimate of drug-likeness (QED) is 0.473. The maximum Gasteiger partial charge on any atom is 0.303 e. The van der Waals surface area contributed by atoms with Crippen molar-refractivity contribution in [2.24, 2.45) is 28.1 Å². The van der Waals surface area contributed by atoms with Crippen LogP contribution in [0.4, 0.5) is 0 Å². The number of hydrogen-bond acceptors (Lipinski definition) is 5. The number of carboxylic acid groups (broad SMARTS) is 1. The molecule has 1 heterocycles. The fraction of sp³-hybridized carbons (Fsp3) is 0.724. The van der Waals surface area contributed by atoms with Crippen LogP contribution in [-0.4, -0.2) is 40.6 Å². The molecule has 0 bridgehead atoms. The highest BCUT2D eigenvalue weighted by Crippen LogP contribution is 2.73. The molecule has 0 amide bonds. The summed E-state index contributed by atoms with van der Waals surface area (Å²) in [4.78, 5) is 51.5. The molecular weight excluding hydrogens is 444 g/mol. The van der Waals surface area contributed by atoms with Gasteiger partial charge in [0.25, 0.3) is 0 Å². The first-order valence-corrected chi connectivity index (χ1v) is 13.1. The fourth-order valence-electron chi connectivity index (χ4n) is 8.35. The summed E-state index contributed by atoms with van der Waals surface area (Å²) in [6.07, 6.45) is 4.05. The Bertz CT molecular complexity index is 1040. The Morgan fingerprint density at radius 1 is 1.09 bits per heavy atom. The Kier molecular flexibility index (Phi) is 6.31. The van der Waals surface area contributed by atoms with Gasteiger partial charge in [0.05, 0.1) is 12.2 Å². The molecule has 0 aromatic heterocycles. The van der Waals surface area contributed by atoms with E-state index in [0.29, 0.717) is 49.9 Å². The summed E-state index contributed by atoms with van der Waals surface area (Å²) in [7, 11) is 0. The fourth-order valence-corrected chi connectivity index (χ4v) is 8.35. The topological polar surface area (TPSA) is 97.7 Å². The van der Waals surface area contributed by atoms with E-state index in [1.54, 1.807) is 0 Å². The number of ketones is 3. The number of fused-ring (bicyclic) bond motifs is 1. The maximum absolute atomic E-state index is 14.1. The van der Waals surface area contributed by atoms with Gasteiger partial charge in [-0.3, -0.25) is 19.2 Å². The number of allylic oxidation sites excluding steroid dienone is 3. The van der Waals surface area contributed by atoms with Crippen molar-refractivity contribution in [3.63, 3.8) is 0 Å². The van der Waals surface area contributed by atoms with E-state index in [-0.39, 0.29) is 42.0 Å². The van der Waals surface area contributed by atoms with Gasteiger partial charge in [-0.2, -0.15) is 0 Å². The largest absolute Gasteiger partial charge is 0.481 e. The molecule has 1 saturated heterocycles. The first-order chi connectivity index (χ1) is 16.3. The lowest BCUT2D eigenvalue weighted by molar-refractivity contribution is -0.138. The minimum Gasteiger partial charge on any atom is -0.481 e. The van der Waals surface area contributed by atoms with Crippen LogP contribution in [0.5, 0.6) is 0 Å². The Hall–Kier alpha value is -2.08. The normalized spacial score (nSPS) is 40.4. The molecule has 2 fully saturated rings. The highest BCUT2D eigenvalue weighted by Gasteiger charge is 2.72. The van der Waals surface area contributed by atoms with Gasteiger partial charge in [0, 0.05) is 59.5 Å². The highest BCUT2D eigenvalue weighted by molar-refractivity contribution is 6.11. The van der Waals surface area contributed by atoms with Crippen LogP contribution in [0.15, 0.2) is 23.3 Å². The second kappa shape index (κ2) is 8.50. The van der Waals surface area contributed by atoms with Gasteiger partial charge in [-0.25, -0.2) is 0 Å². The predicted molar refractivity (Wildman–Crippen MR) is 132 cm³/mol. The molecule has 1 N–H and O–H groups in total. The number of carboxylic acids is 1. The molecule has 0 aromatic rings. The van der Waals surface area contributed by atoms with Crippen molar-refractivity contribution in [3.8, 4) is 0 Å². The monoisotopic (exact) mass is 484 g/mol. The van der Waals surface area contributed by atoms with E-state index in [0.717, 1.165) is 18.4 Å². The van der Waals surface area contributed by atoms with Crippen molar-refractivity contribution in [2.45, 2.75) is 98.0 Å². The second-order valence-electron chi connectivity index (χ2n) is 12.3. The van der Waals surface area contributed by atoms with Gasteiger partial charge in [-0.15, -0.1) is 0 Å². The van der Waals surface area contributed by atoms with Gasteiger partial charge in [0.15, 0.2) is 11.6 Å². The number of aliphatic carboxylic acids is 1. The van der Waals surface area contributed by atoms with Gasteiger partial charge in [-0.05, 0) is 51.4 Å². The van der Waals surface area contributed by atoms with Crippen LogP contribution in [0.1, 0.15) is 92.4 Å². The molecule has 3 aliphatic carbocycles. The minimum absolute atomic E-state index is 0.00568. The lowest BCUT2D eigenvalue weighted by Crippen LogP contribution is -2.55. The zero-order chi connectivity index (χ0) is 26.0. The summed E-state index contributed by atoms with van der Waals surface area (Å²) in [5.41, 5.74) is -0.181. The number of ether oxygens (including phenoxy) is 1. The molecule has 6 heteroatoms. The molecule has 1 aliphatic heterocycles. The summed E-state index contributed by atoms with van der Waals surface area (Å²) in [6.45, 7) is 14.5. The number of rotatable bonds is 8. The zero-order valence-corrected chi connectivity index (χ0v) is 21.9. The summed E-state index contributed by atoms with van der Waals surface area (Å²) < 4.78 is 6.45. The first-order valence-electron chi connectivity index (χ1n) is 13.1. The van der Waals surface area contributed by atoms with Crippen molar-refractivity contribution in [2.75, 3.05) is 6.61 Å². The third-order valence-electron chi connectivity index (χ3n) is 10.4. The van der Waals surface area contributed by atoms with Crippen molar-refractivity contribution < 1.29 is 29.0 Å². The van der Waals surface area contributed by atoms with Crippen LogP contribution in [0.25, 0.3) is 0 Å². The van der Waals surface area contributed by atoms with Gasteiger partial charge in [0.2, 0.25) is 0 Å². The molecule has 6 atom stereocenters. The molecule has 0 unspecified atom stereocenters. The summed E-state index contributed by atoms with van der Waals surface area (Å²) in [5.74, 6) is -0.875. The SMILES string of the molecule is C=C(C)[C@@H]1CC(=O)C2=C(C(=O)C[C@]34CO[C@](C)(CCC(=O)CC)[C@H]3CC[C@@]24C)[C@@]1(C)CCC(=O)O. The van der Waals surface area contributed by atoms with E-state index in [2.05, 4.69) is 20.4 Å². The average Bonchev–Trinajstić information content (AvgIpc) is 3.24. The van der Waals surface area contributed by atoms with E-state index < -0.39 is 27.8 Å². The summed E-state index contributed by atoms with van der Waals surface area (Å²) in [6, 6.07) is 0. The predicted octanol–water partition coefficient (Wildman–Crippen LogP) is 5.24. The van der Waals surface area contributed by atoms with E-state index in [1.165, 1.54) is 0 Å². The van der Waals surface area contributed by atoms with Crippen molar-refractivity contribution in [1.29, 1.82) is 0 Å². The van der Waals surface area contributed by atoms with Gasteiger partial charge < -0.3 is 9.84 Å². The minimum atomic E-state index is -0.904. The number of hydrogen-bond donors (Lipinski definition) is 1. The average molecular weight is 485 g/mol. The van der Waals surface area contributed by atoms with Crippen LogP contribution in [0.3, 0.4) is 0 Å². The molecule has 4 rings (SSSR count). The van der Waals surface area contributed by atoms with E-state index in [4.69, 9.17) is 4.74 Å². The Morgan fingerprint density at radius 3 is 2.37 bits per heavy atom. The van der Waals surface area contributed by atoms with Crippen LogP contribution in [0.2, 0.25) is 0 Å². The van der Waals surface area contributed by atoms with Crippen molar-refractivity contribution >= 4 is 23.3 Å². The molecule has 35 heavy (non-hydrogen) atoms. The Labute approximate surface area is 208 Å². The van der Waals surface area contributed by atoms with Crippen molar-refractivity contribution in [3.05, 3.63) is 23.3 Å². The molecule has 4 aliphatic rings. The molecular formula is C29H40O6. The third-order valence-corrected chi connectivity index (χ3v) is 10.4. The second-order valence-corrected chi connectivity index (χ2v) is 12.3. The lowest BCUT2D eigenvalue weighted by Gasteiger charge is -2.55. The molecule has 0 aromatic carbocycles. The number of carbonyl (C=O) groups excluding carboxylic acids is 3. The van der Waals surface area contributed by atoms with Crippen molar-refractivity contribution in [1.82, 2.24) is 0 Å². The van der Waals surface area contributed by atoms with Gasteiger partial charge >= 0.3 is 5.97 Å². The zero-order valence-electron chi connectivity index (χ0n) is 21.9. The van der Waals surface area contributed by atoms with E-state index in [1.807, 2.05) is 20.8 Å². The first kappa shape index (κ1) is 26.0. The van der Waals surface area contributed by atoms with E-state index >= 15 is 0 Å². The molecule has 0 radical (unpaired) electrons. The van der Waals surface area contributed by atoms with Gasteiger partial charge in [0.1, 0.15) is 5.78 Å². The molecule has 192 valence electrons. The Morgan fingerprint density at radius 2 is 1.77 bits per heavy atom.